The van der Waals surface area contributed by atoms with Gasteiger partial charge in [0.15, 0.2) is 5.78 Å². The maximum atomic E-state index is 12.0. The molecular weight excluding hydrogens is 238 g/mol. The first kappa shape index (κ1) is 12.6. The largest absolute Gasteiger partial charge is 0.366 e. The second kappa shape index (κ2) is 5.63. The summed E-state index contributed by atoms with van der Waals surface area (Å²) >= 11 is 5.79. The monoisotopic (exact) mass is 253 g/mol. The molecule has 0 saturated carbocycles. The summed E-state index contributed by atoms with van der Waals surface area (Å²) in [5, 5.41) is 0.682. The number of rotatable bonds is 4. The van der Waals surface area contributed by atoms with E-state index >= 15 is 0 Å². The van der Waals surface area contributed by atoms with Gasteiger partial charge in [-0.25, -0.2) is 0 Å². The van der Waals surface area contributed by atoms with Gasteiger partial charge in [0, 0.05) is 18.0 Å². The standard InChI is InChI=1S/C13H16ClNO2/c14-10-3-1-9(2-4-10)7-12(16)13-6-5-11(8-15)17-13/h1-4,11,13H,5-8,15H2. The number of nitrogens with two attached hydrogens (primary N) is 1. The zero-order chi connectivity index (χ0) is 12.3. The molecule has 2 rings (SSSR count). The van der Waals surface area contributed by atoms with E-state index in [2.05, 4.69) is 0 Å². The number of halogens is 1. The van der Waals surface area contributed by atoms with Crippen molar-refractivity contribution in [1.29, 1.82) is 0 Å². The van der Waals surface area contributed by atoms with E-state index in [0.717, 1.165) is 18.4 Å². The van der Waals surface area contributed by atoms with Crippen LogP contribution < -0.4 is 5.73 Å². The molecule has 1 aliphatic heterocycles. The van der Waals surface area contributed by atoms with E-state index in [9.17, 15) is 4.79 Å². The maximum Gasteiger partial charge on any atom is 0.165 e. The quantitative estimate of drug-likeness (QED) is 0.893. The summed E-state index contributed by atoms with van der Waals surface area (Å²) in [6, 6.07) is 7.33. The molecule has 1 fully saturated rings. The first-order valence-electron chi connectivity index (χ1n) is 5.81. The molecule has 0 aromatic heterocycles. The van der Waals surface area contributed by atoms with Crippen molar-refractivity contribution < 1.29 is 9.53 Å². The molecule has 0 spiro atoms. The molecule has 1 aromatic carbocycles. The SMILES string of the molecule is NCC1CCC(C(=O)Cc2ccc(Cl)cc2)O1. The summed E-state index contributed by atoms with van der Waals surface area (Å²) in [5.74, 6) is 0.128. The van der Waals surface area contributed by atoms with E-state index in [0.29, 0.717) is 18.0 Å². The lowest BCUT2D eigenvalue weighted by molar-refractivity contribution is -0.128. The Morgan fingerprint density at radius 3 is 2.65 bits per heavy atom. The van der Waals surface area contributed by atoms with Gasteiger partial charge in [0.25, 0.3) is 0 Å². The van der Waals surface area contributed by atoms with Crippen LogP contribution in [0.1, 0.15) is 18.4 Å². The van der Waals surface area contributed by atoms with E-state index < -0.39 is 0 Å². The molecule has 0 amide bonds. The summed E-state index contributed by atoms with van der Waals surface area (Å²) in [6.45, 7) is 0.491. The van der Waals surface area contributed by atoms with E-state index in [1.807, 2.05) is 12.1 Å². The van der Waals surface area contributed by atoms with Gasteiger partial charge in [0.05, 0.1) is 6.10 Å². The Morgan fingerprint density at radius 1 is 1.35 bits per heavy atom. The summed E-state index contributed by atoms with van der Waals surface area (Å²) in [6.07, 6.45) is 1.84. The third-order valence-electron chi connectivity index (χ3n) is 3.02. The van der Waals surface area contributed by atoms with E-state index in [4.69, 9.17) is 22.1 Å². The molecule has 0 radical (unpaired) electrons. The van der Waals surface area contributed by atoms with Gasteiger partial charge in [0.2, 0.25) is 0 Å². The number of hydrogen-bond acceptors (Lipinski definition) is 3. The van der Waals surface area contributed by atoms with Gasteiger partial charge in [-0.2, -0.15) is 0 Å². The minimum Gasteiger partial charge on any atom is -0.366 e. The van der Waals surface area contributed by atoms with Crippen molar-refractivity contribution >= 4 is 17.4 Å². The van der Waals surface area contributed by atoms with Crippen LogP contribution >= 0.6 is 11.6 Å². The van der Waals surface area contributed by atoms with Gasteiger partial charge in [-0.05, 0) is 30.5 Å². The van der Waals surface area contributed by atoms with Crippen LogP contribution in [0.15, 0.2) is 24.3 Å². The molecule has 17 heavy (non-hydrogen) atoms. The van der Waals surface area contributed by atoms with Gasteiger partial charge in [-0.3, -0.25) is 4.79 Å². The number of Topliss-reactive ketones (excluding diaryl/α,β-unsaturated/α-hetero) is 1. The molecule has 4 heteroatoms. The van der Waals surface area contributed by atoms with Crippen molar-refractivity contribution in [2.24, 2.45) is 5.73 Å². The highest BCUT2D eigenvalue weighted by Crippen LogP contribution is 2.21. The average Bonchev–Trinajstić information content (AvgIpc) is 2.81. The topological polar surface area (TPSA) is 52.3 Å². The minimum atomic E-state index is -0.278. The Bertz CT molecular complexity index is 391. The molecule has 2 unspecified atom stereocenters. The van der Waals surface area contributed by atoms with Gasteiger partial charge in [-0.1, -0.05) is 23.7 Å². The van der Waals surface area contributed by atoms with E-state index in [-0.39, 0.29) is 18.0 Å². The highest BCUT2D eigenvalue weighted by Gasteiger charge is 2.29. The summed E-state index contributed by atoms with van der Waals surface area (Å²) in [4.78, 5) is 12.0. The molecule has 0 aliphatic carbocycles. The Morgan fingerprint density at radius 2 is 2.06 bits per heavy atom. The Kier molecular flexibility index (Phi) is 4.15. The third-order valence-corrected chi connectivity index (χ3v) is 3.27. The molecule has 1 heterocycles. The number of carbonyl (C=O) groups excluding carboxylic acids is 1. The molecule has 92 valence electrons. The van der Waals surface area contributed by atoms with Crippen molar-refractivity contribution in [3.05, 3.63) is 34.9 Å². The van der Waals surface area contributed by atoms with Crippen molar-refractivity contribution in [3.63, 3.8) is 0 Å². The number of carbonyl (C=O) groups is 1. The maximum absolute atomic E-state index is 12.0. The molecular formula is C13H16ClNO2. The first-order chi connectivity index (χ1) is 8.19. The molecule has 2 N–H and O–H groups in total. The predicted octanol–water partition coefficient (Wildman–Crippen LogP) is 1.96. The van der Waals surface area contributed by atoms with Crippen LogP contribution in [0.25, 0.3) is 0 Å². The lowest BCUT2D eigenvalue weighted by Gasteiger charge is -2.11. The summed E-state index contributed by atoms with van der Waals surface area (Å²) < 4.78 is 5.57. The van der Waals surface area contributed by atoms with E-state index in [1.54, 1.807) is 12.1 Å². The fourth-order valence-corrected chi connectivity index (χ4v) is 2.16. The van der Waals surface area contributed by atoms with Gasteiger partial charge in [-0.15, -0.1) is 0 Å². The van der Waals surface area contributed by atoms with Crippen LogP contribution in [0.4, 0.5) is 0 Å². The normalized spacial score (nSPS) is 23.9. The van der Waals surface area contributed by atoms with E-state index in [1.165, 1.54) is 0 Å². The van der Waals surface area contributed by atoms with Crippen LogP contribution in [0.5, 0.6) is 0 Å². The first-order valence-corrected chi connectivity index (χ1v) is 6.19. The molecule has 0 bridgehead atoms. The number of ketones is 1. The second-order valence-corrected chi connectivity index (χ2v) is 4.77. The molecule has 1 aliphatic rings. The fourth-order valence-electron chi connectivity index (χ4n) is 2.03. The Hall–Kier alpha value is -0.900. The van der Waals surface area contributed by atoms with Crippen molar-refractivity contribution in [1.82, 2.24) is 0 Å². The van der Waals surface area contributed by atoms with Crippen molar-refractivity contribution in [3.8, 4) is 0 Å². The molecule has 3 nitrogen and oxygen atoms in total. The molecule has 1 aromatic rings. The second-order valence-electron chi connectivity index (χ2n) is 4.33. The highest BCUT2D eigenvalue weighted by atomic mass is 35.5. The van der Waals surface area contributed by atoms with Crippen LogP contribution in [0.3, 0.4) is 0 Å². The van der Waals surface area contributed by atoms with Gasteiger partial charge < -0.3 is 10.5 Å². The number of ether oxygens (including phenoxy) is 1. The fraction of sp³-hybridized carbons (Fsp3) is 0.462. The summed E-state index contributed by atoms with van der Waals surface area (Å²) in [7, 11) is 0. The molecule has 1 saturated heterocycles. The van der Waals surface area contributed by atoms with Crippen LogP contribution in [0.2, 0.25) is 5.02 Å². The highest BCUT2D eigenvalue weighted by molar-refractivity contribution is 6.30. The molecule has 2 atom stereocenters. The summed E-state index contributed by atoms with van der Waals surface area (Å²) in [5.41, 5.74) is 6.49. The van der Waals surface area contributed by atoms with Crippen LogP contribution in [-0.2, 0) is 16.0 Å². The Labute approximate surface area is 106 Å². The zero-order valence-corrected chi connectivity index (χ0v) is 10.3. The average molecular weight is 254 g/mol. The van der Waals surface area contributed by atoms with Crippen LogP contribution in [0, 0.1) is 0 Å². The van der Waals surface area contributed by atoms with Gasteiger partial charge >= 0.3 is 0 Å². The lowest BCUT2D eigenvalue weighted by atomic mass is 10.0. The Balaban J connectivity index is 1.91. The number of benzene rings is 1. The van der Waals surface area contributed by atoms with Crippen molar-refractivity contribution in [2.45, 2.75) is 31.5 Å². The third kappa shape index (κ3) is 3.28. The zero-order valence-electron chi connectivity index (χ0n) is 9.56. The smallest absolute Gasteiger partial charge is 0.165 e. The predicted molar refractivity (Wildman–Crippen MR) is 67.1 cm³/mol. The van der Waals surface area contributed by atoms with Crippen molar-refractivity contribution in [2.75, 3.05) is 6.54 Å². The number of hydrogen-bond donors (Lipinski definition) is 1. The lowest BCUT2D eigenvalue weighted by Crippen LogP contribution is -2.26. The van der Waals surface area contributed by atoms with Gasteiger partial charge in [0.1, 0.15) is 6.10 Å². The van der Waals surface area contributed by atoms with Crippen LogP contribution in [-0.4, -0.2) is 24.5 Å². The minimum absolute atomic E-state index is 0.0502.